The first-order valence-electron chi connectivity index (χ1n) is 4.08. The van der Waals surface area contributed by atoms with E-state index in [0.29, 0.717) is 0 Å². The van der Waals surface area contributed by atoms with Gasteiger partial charge in [0.1, 0.15) is 0 Å². The first kappa shape index (κ1) is 10.7. The minimum Gasteiger partial charge on any atom is -0.348 e. The lowest BCUT2D eigenvalue weighted by Gasteiger charge is -2.15. The molecule has 1 N–H and O–H groups in total. The molecule has 2 atom stereocenters. The minimum absolute atomic E-state index is 0.0000463. The third kappa shape index (κ3) is 3.12. The monoisotopic (exact) mass is 261 g/mol. The van der Waals surface area contributed by atoms with Gasteiger partial charge in [-0.15, -0.1) is 0 Å². The summed E-state index contributed by atoms with van der Waals surface area (Å²) >= 11 is 4.95. The molecule has 1 aromatic heterocycles. The smallest absolute Gasteiger partial charge is 0.252 e. The maximum Gasteiger partial charge on any atom is 0.252 e. The molecule has 2 unspecified atom stereocenters. The first-order chi connectivity index (χ1) is 6.11. The van der Waals surface area contributed by atoms with Gasteiger partial charge < -0.3 is 5.32 Å². The van der Waals surface area contributed by atoms with Crippen molar-refractivity contribution >= 4 is 33.2 Å². The summed E-state index contributed by atoms with van der Waals surface area (Å²) in [6, 6.07) is 1.97. The van der Waals surface area contributed by atoms with Crippen LogP contribution in [0, 0.1) is 0 Å². The van der Waals surface area contributed by atoms with Gasteiger partial charge in [0.25, 0.3) is 5.91 Å². The topological polar surface area (TPSA) is 29.1 Å². The van der Waals surface area contributed by atoms with Gasteiger partial charge in [-0.3, -0.25) is 4.79 Å². The zero-order valence-corrected chi connectivity index (χ0v) is 9.98. The maximum absolute atomic E-state index is 11.5. The highest BCUT2D eigenvalue weighted by atomic mass is 79.9. The summed E-state index contributed by atoms with van der Waals surface area (Å²) in [7, 11) is 0. The Morgan fingerprint density at radius 2 is 2.31 bits per heavy atom. The number of nitrogens with one attached hydrogen (secondary N) is 1. The van der Waals surface area contributed by atoms with Gasteiger partial charge in [-0.05, 0) is 18.4 Å². The fourth-order valence-corrected chi connectivity index (χ4v) is 1.57. The fourth-order valence-electron chi connectivity index (χ4n) is 0.799. The van der Waals surface area contributed by atoms with E-state index in [0.717, 1.165) is 5.56 Å². The van der Waals surface area contributed by atoms with Crippen LogP contribution in [0.25, 0.3) is 0 Å². The van der Waals surface area contributed by atoms with Crippen LogP contribution in [0.4, 0.5) is 0 Å². The summed E-state index contributed by atoms with van der Waals surface area (Å²) < 4.78 is 0. The van der Waals surface area contributed by atoms with Crippen LogP contribution in [0.1, 0.15) is 24.2 Å². The molecule has 4 heteroatoms. The minimum atomic E-state index is 0.0000463. The third-order valence-corrected chi connectivity index (χ3v) is 3.31. The van der Waals surface area contributed by atoms with Crippen molar-refractivity contribution in [2.45, 2.75) is 24.7 Å². The number of hydrogen-bond acceptors (Lipinski definition) is 2. The molecule has 0 spiro atoms. The number of alkyl halides is 1. The van der Waals surface area contributed by atoms with E-state index in [9.17, 15) is 4.79 Å². The van der Waals surface area contributed by atoms with E-state index >= 15 is 0 Å². The van der Waals surface area contributed by atoms with Gasteiger partial charge >= 0.3 is 0 Å². The number of carbonyl (C=O) groups excluding carboxylic acids is 1. The van der Waals surface area contributed by atoms with Crippen molar-refractivity contribution < 1.29 is 4.79 Å². The van der Waals surface area contributed by atoms with Gasteiger partial charge in [0.05, 0.1) is 0 Å². The van der Waals surface area contributed by atoms with Gasteiger partial charge in [0.15, 0.2) is 0 Å². The van der Waals surface area contributed by atoms with Crippen LogP contribution < -0.4 is 5.32 Å². The summed E-state index contributed by atoms with van der Waals surface area (Å²) in [5, 5.41) is 6.65. The van der Waals surface area contributed by atoms with E-state index in [1.807, 2.05) is 30.7 Å². The quantitative estimate of drug-likeness (QED) is 0.833. The molecule has 13 heavy (non-hydrogen) atoms. The largest absolute Gasteiger partial charge is 0.348 e. The number of amides is 1. The zero-order chi connectivity index (χ0) is 9.84. The normalized spacial score (nSPS) is 15.0. The van der Waals surface area contributed by atoms with E-state index in [1.54, 1.807) is 0 Å². The molecule has 0 aliphatic carbocycles. The fraction of sp³-hybridized carbons (Fsp3) is 0.444. The van der Waals surface area contributed by atoms with E-state index in [-0.39, 0.29) is 16.8 Å². The van der Waals surface area contributed by atoms with E-state index in [1.165, 1.54) is 11.3 Å². The lowest BCUT2D eigenvalue weighted by atomic mass is 10.2. The highest BCUT2D eigenvalue weighted by Crippen LogP contribution is 2.08. The highest BCUT2D eigenvalue weighted by Gasteiger charge is 2.13. The van der Waals surface area contributed by atoms with Gasteiger partial charge in [0.2, 0.25) is 0 Å². The number of halogens is 1. The molecule has 72 valence electrons. The second-order valence-corrected chi connectivity index (χ2v) is 5.18. The Kier molecular flexibility index (Phi) is 3.93. The second kappa shape index (κ2) is 4.77. The Bertz CT molecular complexity index is 271. The third-order valence-electron chi connectivity index (χ3n) is 1.83. The molecule has 0 radical (unpaired) electrons. The molecule has 1 rings (SSSR count). The van der Waals surface area contributed by atoms with Crippen molar-refractivity contribution in [2.75, 3.05) is 0 Å². The van der Waals surface area contributed by atoms with Crippen LogP contribution in [0.5, 0.6) is 0 Å². The standard InChI is InChI=1S/C9H12BrNOS/c1-6(10)7(2)11-9(12)8-3-4-13-5-8/h3-7H,1-2H3,(H,11,12). The predicted molar refractivity (Wildman–Crippen MR) is 59.6 cm³/mol. The zero-order valence-electron chi connectivity index (χ0n) is 7.58. The van der Waals surface area contributed by atoms with E-state index in [4.69, 9.17) is 0 Å². The summed E-state index contributed by atoms with van der Waals surface area (Å²) in [5.74, 6) is 0.0000463. The molecule has 2 nitrogen and oxygen atoms in total. The molecular formula is C9H12BrNOS. The molecular weight excluding hydrogens is 250 g/mol. The highest BCUT2D eigenvalue weighted by molar-refractivity contribution is 9.09. The van der Waals surface area contributed by atoms with E-state index in [2.05, 4.69) is 21.2 Å². The maximum atomic E-state index is 11.5. The molecule has 0 bridgehead atoms. The van der Waals surface area contributed by atoms with Crippen molar-refractivity contribution in [1.82, 2.24) is 5.32 Å². The summed E-state index contributed by atoms with van der Waals surface area (Å²) in [6.45, 7) is 3.99. The Morgan fingerprint density at radius 3 is 2.77 bits per heavy atom. The van der Waals surface area contributed by atoms with Crippen LogP contribution in [0.3, 0.4) is 0 Å². The SMILES string of the molecule is CC(Br)C(C)NC(=O)c1ccsc1. The number of thiophene rings is 1. The summed E-state index contributed by atoms with van der Waals surface area (Å²) in [5.41, 5.74) is 0.741. The van der Waals surface area contributed by atoms with Crippen molar-refractivity contribution in [2.24, 2.45) is 0 Å². The molecule has 1 heterocycles. The van der Waals surface area contributed by atoms with Gasteiger partial charge in [-0.1, -0.05) is 22.9 Å². The Morgan fingerprint density at radius 1 is 1.62 bits per heavy atom. The molecule has 1 amide bonds. The van der Waals surface area contributed by atoms with E-state index < -0.39 is 0 Å². The first-order valence-corrected chi connectivity index (χ1v) is 5.94. The number of hydrogen-bond donors (Lipinski definition) is 1. The lowest BCUT2D eigenvalue weighted by Crippen LogP contribution is -2.37. The molecule has 1 aromatic rings. The molecule has 0 saturated heterocycles. The molecule has 0 saturated carbocycles. The number of carbonyl (C=O) groups is 1. The van der Waals surface area contributed by atoms with Gasteiger partial charge in [-0.2, -0.15) is 11.3 Å². The van der Waals surface area contributed by atoms with Crippen LogP contribution in [-0.4, -0.2) is 16.8 Å². The van der Waals surface area contributed by atoms with Crippen LogP contribution >= 0.6 is 27.3 Å². The molecule has 0 aliphatic heterocycles. The van der Waals surface area contributed by atoms with Crippen LogP contribution in [0.2, 0.25) is 0 Å². The Labute approximate surface area is 90.5 Å². The molecule has 0 aliphatic rings. The van der Waals surface area contributed by atoms with Crippen molar-refractivity contribution in [3.05, 3.63) is 22.4 Å². The Balaban J connectivity index is 2.52. The van der Waals surface area contributed by atoms with Gasteiger partial charge in [-0.25, -0.2) is 0 Å². The lowest BCUT2D eigenvalue weighted by molar-refractivity contribution is 0.0941. The molecule has 0 fully saturated rings. The van der Waals surface area contributed by atoms with Crippen LogP contribution in [0.15, 0.2) is 16.8 Å². The van der Waals surface area contributed by atoms with Crippen molar-refractivity contribution in [3.63, 3.8) is 0 Å². The summed E-state index contributed by atoms with van der Waals surface area (Å²) in [4.78, 5) is 11.8. The van der Waals surface area contributed by atoms with Gasteiger partial charge in [0, 0.05) is 21.8 Å². The summed E-state index contributed by atoms with van der Waals surface area (Å²) in [6.07, 6.45) is 0. The molecule has 0 aromatic carbocycles. The Hall–Kier alpha value is -0.350. The van der Waals surface area contributed by atoms with Crippen molar-refractivity contribution in [3.8, 4) is 0 Å². The average Bonchev–Trinajstić information content (AvgIpc) is 2.55. The predicted octanol–water partition coefficient (Wildman–Crippen LogP) is 2.65. The van der Waals surface area contributed by atoms with Crippen LogP contribution in [-0.2, 0) is 0 Å². The van der Waals surface area contributed by atoms with Crippen molar-refractivity contribution in [1.29, 1.82) is 0 Å². The second-order valence-electron chi connectivity index (χ2n) is 2.95. The average molecular weight is 262 g/mol. The number of rotatable bonds is 3.